The standard InChI is InChI=1S/C20H30N4O5S/c1-3-9-21-10-5-4-6-18(21)20(25)22-11-13-23(14-12-22)30(28,29)19-15-17(24(26)27)8-7-16(19)2/h7-8,15,18H,3-6,9-14H2,1-2H3. The van der Waals surface area contributed by atoms with Gasteiger partial charge in [-0.3, -0.25) is 19.8 Å². The van der Waals surface area contributed by atoms with Gasteiger partial charge >= 0.3 is 0 Å². The van der Waals surface area contributed by atoms with E-state index >= 15 is 0 Å². The van der Waals surface area contributed by atoms with Crippen LogP contribution in [-0.4, -0.2) is 78.7 Å². The van der Waals surface area contributed by atoms with Crippen LogP contribution < -0.4 is 0 Å². The summed E-state index contributed by atoms with van der Waals surface area (Å²) in [4.78, 5) is 27.5. The summed E-state index contributed by atoms with van der Waals surface area (Å²) >= 11 is 0. The fraction of sp³-hybridized carbons (Fsp3) is 0.650. The molecular formula is C20H30N4O5S. The van der Waals surface area contributed by atoms with E-state index in [4.69, 9.17) is 0 Å². The molecule has 1 amide bonds. The van der Waals surface area contributed by atoms with Crippen LogP contribution in [0.1, 0.15) is 38.2 Å². The van der Waals surface area contributed by atoms with E-state index in [1.807, 2.05) is 0 Å². The summed E-state index contributed by atoms with van der Waals surface area (Å²) in [6, 6.07) is 3.76. The Morgan fingerprint density at radius 2 is 1.87 bits per heavy atom. The van der Waals surface area contributed by atoms with Crippen molar-refractivity contribution in [1.82, 2.24) is 14.1 Å². The molecule has 0 spiro atoms. The van der Waals surface area contributed by atoms with Gasteiger partial charge in [0.25, 0.3) is 5.69 Å². The van der Waals surface area contributed by atoms with Gasteiger partial charge in [-0.25, -0.2) is 8.42 Å². The van der Waals surface area contributed by atoms with Crippen molar-refractivity contribution in [2.24, 2.45) is 0 Å². The number of nitrogens with zero attached hydrogens (tertiary/aromatic N) is 4. The number of hydrogen-bond acceptors (Lipinski definition) is 6. The van der Waals surface area contributed by atoms with Gasteiger partial charge in [0.1, 0.15) is 0 Å². The van der Waals surface area contributed by atoms with Gasteiger partial charge in [-0.2, -0.15) is 4.31 Å². The second-order valence-corrected chi connectivity index (χ2v) is 9.89. The Kier molecular flexibility index (Phi) is 7.10. The Bertz CT molecular complexity index is 894. The van der Waals surface area contributed by atoms with Gasteiger partial charge in [0.05, 0.1) is 15.9 Å². The van der Waals surface area contributed by atoms with Gasteiger partial charge in [0.2, 0.25) is 15.9 Å². The van der Waals surface area contributed by atoms with Crippen molar-refractivity contribution in [1.29, 1.82) is 0 Å². The molecule has 0 radical (unpaired) electrons. The number of hydrogen-bond donors (Lipinski definition) is 0. The Morgan fingerprint density at radius 1 is 1.17 bits per heavy atom. The predicted molar refractivity (Wildman–Crippen MR) is 113 cm³/mol. The van der Waals surface area contributed by atoms with E-state index < -0.39 is 14.9 Å². The molecule has 0 aliphatic carbocycles. The van der Waals surface area contributed by atoms with Crippen LogP contribution in [0.15, 0.2) is 23.1 Å². The molecule has 2 aliphatic rings. The summed E-state index contributed by atoms with van der Waals surface area (Å²) in [6.07, 6.45) is 4.00. The van der Waals surface area contributed by atoms with E-state index in [1.165, 1.54) is 16.4 Å². The highest BCUT2D eigenvalue weighted by molar-refractivity contribution is 7.89. The quantitative estimate of drug-likeness (QED) is 0.497. The maximum atomic E-state index is 13.1. The number of carbonyl (C=O) groups is 1. The zero-order chi connectivity index (χ0) is 21.9. The average Bonchev–Trinajstić information content (AvgIpc) is 2.74. The lowest BCUT2D eigenvalue weighted by atomic mass is 10.0. The van der Waals surface area contributed by atoms with Crippen molar-refractivity contribution in [3.8, 4) is 0 Å². The van der Waals surface area contributed by atoms with E-state index in [0.717, 1.165) is 44.8 Å². The third-order valence-electron chi connectivity index (χ3n) is 5.96. The summed E-state index contributed by atoms with van der Waals surface area (Å²) in [7, 11) is -3.86. The number of benzene rings is 1. The molecule has 9 nitrogen and oxygen atoms in total. The normalized spacial score (nSPS) is 21.5. The maximum Gasteiger partial charge on any atom is 0.270 e. The molecule has 1 aromatic rings. The van der Waals surface area contributed by atoms with E-state index in [0.29, 0.717) is 18.7 Å². The van der Waals surface area contributed by atoms with E-state index in [1.54, 1.807) is 11.8 Å². The Labute approximate surface area is 177 Å². The summed E-state index contributed by atoms with van der Waals surface area (Å²) in [5.41, 5.74) is 0.220. The van der Waals surface area contributed by atoms with Gasteiger partial charge < -0.3 is 4.90 Å². The Balaban J connectivity index is 1.69. The lowest BCUT2D eigenvalue weighted by Gasteiger charge is -2.40. The van der Waals surface area contributed by atoms with Crippen molar-refractivity contribution in [2.75, 3.05) is 39.3 Å². The minimum atomic E-state index is -3.86. The second-order valence-electron chi connectivity index (χ2n) is 7.98. The highest BCUT2D eigenvalue weighted by Crippen LogP contribution is 2.26. The SMILES string of the molecule is CCCN1CCCCC1C(=O)N1CCN(S(=O)(=O)c2cc([N+](=O)[O-])ccc2C)CC1. The van der Waals surface area contributed by atoms with E-state index in [2.05, 4.69) is 11.8 Å². The largest absolute Gasteiger partial charge is 0.339 e. The molecule has 166 valence electrons. The monoisotopic (exact) mass is 438 g/mol. The van der Waals surface area contributed by atoms with Crippen LogP contribution in [0, 0.1) is 17.0 Å². The van der Waals surface area contributed by atoms with Crippen LogP contribution in [0.5, 0.6) is 0 Å². The zero-order valence-corrected chi connectivity index (χ0v) is 18.4. The van der Waals surface area contributed by atoms with Crippen molar-refractivity contribution in [3.05, 3.63) is 33.9 Å². The first-order valence-corrected chi connectivity index (χ1v) is 12.0. The van der Waals surface area contributed by atoms with Crippen LogP contribution in [0.3, 0.4) is 0 Å². The number of piperidine rings is 1. The van der Waals surface area contributed by atoms with Crippen molar-refractivity contribution in [2.45, 2.75) is 50.5 Å². The number of nitro benzene ring substituents is 1. The first-order chi connectivity index (χ1) is 14.3. The second kappa shape index (κ2) is 9.40. The molecule has 1 aromatic carbocycles. The fourth-order valence-corrected chi connectivity index (χ4v) is 5.97. The summed E-state index contributed by atoms with van der Waals surface area (Å²) < 4.78 is 27.5. The number of rotatable bonds is 6. The third-order valence-corrected chi connectivity index (χ3v) is 8.00. The highest BCUT2D eigenvalue weighted by atomic mass is 32.2. The fourth-order valence-electron chi connectivity index (χ4n) is 4.30. The number of nitro groups is 1. The van der Waals surface area contributed by atoms with Gasteiger partial charge in [0.15, 0.2) is 0 Å². The maximum absolute atomic E-state index is 13.1. The molecule has 2 fully saturated rings. The zero-order valence-electron chi connectivity index (χ0n) is 17.6. The van der Waals surface area contributed by atoms with Gasteiger partial charge in [-0.05, 0) is 44.8 Å². The topological polar surface area (TPSA) is 104 Å². The molecule has 3 rings (SSSR count). The molecule has 2 heterocycles. The molecule has 0 saturated carbocycles. The van der Waals surface area contributed by atoms with Gasteiger partial charge in [-0.15, -0.1) is 0 Å². The molecule has 2 saturated heterocycles. The van der Waals surface area contributed by atoms with Crippen molar-refractivity contribution < 1.29 is 18.1 Å². The number of sulfonamides is 1. The number of non-ortho nitro benzene ring substituents is 1. The lowest BCUT2D eigenvalue weighted by Crippen LogP contribution is -2.56. The molecule has 0 bridgehead atoms. The van der Waals surface area contributed by atoms with Gasteiger partial charge in [0, 0.05) is 38.3 Å². The number of piperazine rings is 1. The molecule has 0 aromatic heterocycles. The summed E-state index contributed by atoms with van der Waals surface area (Å²) in [5, 5.41) is 11.1. The molecule has 1 unspecified atom stereocenters. The van der Waals surface area contributed by atoms with E-state index in [9.17, 15) is 23.3 Å². The first kappa shape index (κ1) is 22.6. The minimum absolute atomic E-state index is 0.0436. The molecule has 2 aliphatic heterocycles. The average molecular weight is 439 g/mol. The molecular weight excluding hydrogens is 408 g/mol. The summed E-state index contributed by atoms with van der Waals surface area (Å²) in [6.45, 7) is 6.62. The molecule has 10 heteroatoms. The highest BCUT2D eigenvalue weighted by Gasteiger charge is 2.36. The molecule has 0 N–H and O–H groups in total. The van der Waals surface area contributed by atoms with Crippen molar-refractivity contribution in [3.63, 3.8) is 0 Å². The number of carbonyl (C=O) groups excluding carboxylic acids is 1. The lowest BCUT2D eigenvalue weighted by molar-refractivity contribution is -0.385. The number of amides is 1. The minimum Gasteiger partial charge on any atom is -0.339 e. The number of aryl methyl sites for hydroxylation is 1. The third kappa shape index (κ3) is 4.65. The van der Waals surface area contributed by atoms with Crippen LogP contribution in [0.4, 0.5) is 5.69 Å². The van der Waals surface area contributed by atoms with Crippen LogP contribution in [0.2, 0.25) is 0 Å². The Morgan fingerprint density at radius 3 is 2.50 bits per heavy atom. The van der Waals surface area contributed by atoms with Crippen molar-refractivity contribution >= 4 is 21.6 Å². The first-order valence-electron chi connectivity index (χ1n) is 10.5. The van der Waals surface area contributed by atoms with Crippen LogP contribution in [-0.2, 0) is 14.8 Å². The van der Waals surface area contributed by atoms with Gasteiger partial charge in [-0.1, -0.05) is 19.4 Å². The van der Waals surface area contributed by atoms with Crippen LogP contribution >= 0.6 is 0 Å². The summed E-state index contributed by atoms with van der Waals surface area (Å²) in [5.74, 6) is 0.0896. The Hall–Kier alpha value is -2.04. The predicted octanol–water partition coefficient (Wildman–Crippen LogP) is 2.00. The smallest absolute Gasteiger partial charge is 0.270 e. The molecule has 30 heavy (non-hydrogen) atoms. The van der Waals surface area contributed by atoms with Crippen LogP contribution in [0.25, 0.3) is 0 Å². The van der Waals surface area contributed by atoms with E-state index in [-0.39, 0.29) is 35.6 Å². The molecule has 1 atom stereocenters. The number of likely N-dealkylation sites (tertiary alicyclic amines) is 1.